The van der Waals surface area contributed by atoms with Crippen LogP contribution < -0.4 is 4.74 Å². The van der Waals surface area contributed by atoms with E-state index in [-0.39, 0.29) is 12.5 Å². The molecule has 0 spiro atoms. The Morgan fingerprint density at radius 1 is 1.09 bits per heavy atom. The highest BCUT2D eigenvalue weighted by Gasteiger charge is 2.22. The molecule has 0 N–H and O–H groups in total. The predicted molar refractivity (Wildman–Crippen MR) is 91.3 cm³/mol. The predicted octanol–water partition coefficient (Wildman–Crippen LogP) is 4.01. The summed E-state index contributed by atoms with van der Waals surface area (Å²) in [4.78, 5) is 12.2. The van der Waals surface area contributed by atoms with Gasteiger partial charge in [-0.25, -0.2) is 5.01 Å². The zero-order valence-corrected chi connectivity index (χ0v) is 13.7. The van der Waals surface area contributed by atoms with Crippen LogP contribution in [0, 0.1) is 0 Å². The molecule has 0 atom stereocenters. The molecule has 1 aliphatic rings. The van der Waals surface area contributed by atoms with Crippen molar-refractivity contribution < 1.29 is 9.53 Å². The number of nitrogens with zero attached hydrogens (tertiary/aromatic N) is 2. The highest BCUT2D eigenvalue weighted by atomic mass is 35.5. The lowest BCUT2D eigenvalue weighted by Gasteiger charge is -2.13. The molecule has 1 amide bonds. The van der Waals surface area contributed by atoms with Crippen LogP contribution in [0.4, 0.5) is 0 Å². The molecule has 2 aromatic carbocycles. The standard InChI is InChI=1S/C17H14Cl2N2O2/c18-13-7-4-8-14(19)17(13)23-11-16(22)21-10-9-15(20-21)12-5-2-1-3-6-12/h1-8H,9-11H2. The molecule has 2 aromatic rings. The van der Waals surface area contributed by atoms with Gasteiger partial charge in [0.2, 0.25) is 0 Å². The number of hydrogen-bond acceptors (Lipinski definition) is 3. The lowest BCUT2D eigenvalue weighted by atomic mass is 10.1. The Labute approximate surface area is 144 Å². The Morgan fingerprint density at radius 3 is 2.48 bits per heavy atom. The summed E-state index contributed by atoms with van der Waals surface area (Å²) in [5.74, 6) is 0.0857. The van der Waals surface area contributed by atoms with Gasteiger partial charge in [-0.1, -0.05) is 59.6 Å². The minimum absolute atomic E-state index is 0.158. The van der Waals surface area contributed by atoms with Gasteiger partial charge in [0, 0.05) is 6.42 Å². The minimum Gasteiger partial charge on any atom is -0.481 e. The number of amides is 1. The lowest BCUT2D eigenvalue weighted by molar-refractivity contribution is -0.132. The zero-order chi connectivity index (χ0) is 16.2. The van der Waals surface area contributed by atoms with E-state index in [9.17, 15) is 4.79 Å². The largest absolute Gasteiger partial charge is 0.481 e. The molecule has 0 radical (unpaired) electrons. The maximum absolute atomic E-state index is 12.2. The number of hydrazone groups is 1. The fraction of sp³-hybridized carbons (Fsp3) is 0.176. The Bertz CT molecular complexity index is 727. The van der Waals surface area contributed by atoms with Crippen LogP contribution in [0.3, 0.4) is 0 Å². The fourth-order valence-corrected chi connectivity index (χ4v) is 2.81. The maximum atomic E-state index is 12.2. The first-order valence-corrected chi connectivity index (χ1v) is 7.91. The van der Waals surface area contributed by atoms with Gasteiger partial charge in [0.05, 0.1) is 22.3 Å². The highest BCUT2D eigenvalue weighted by Crippen LogP contribution is 2.32. The molecule has 1 aliphatic heterocycles. The number of rotatable bonds is 4. The molecule has 0 bridgehead atoms. The third-order valence-electron chi connectivity index (χ3n) is 3.46. The summed E-state index contributed by atoms with van der Waals surface area (Å²) >= 11 is 12.0. The monoisotopic (exact) mass is 348 g/mol. The molecule has 0 aromatic heterocycles. The van der Waals surface area contributed by atoms with E-state index in [0.717, 1.165) is 17.7 Å². The van der Waals surface area contributed by atoms with E-state index in [1.165, 1.54) is 5.01 Å². The van der Waals surface area contributed by atoms with Gasteiger partial charge >= 0.3 is 0 Å². The van der Waals surface area contributed by atoms with Gasteiger partial charge in [-0.15, -0.1) is 0 Å². The van der Waals surface area contributed by atoms with Crippen LogP contribution in [0.2, 0.25) is 10.0 Å². The number of halogens is 2. The van der Waals surface area contributed by atoms with Crippen molar-refractivity contribution >= 4 is 34.8 Å². The Morgan fingerprint density at radius 2 is 1.78 bits per heavy atom. The molecule has 4 nitrogen and oxygen atoms in total. The molecule has 0 saturated heterocycles. The first-order chi connectivity index (χ1) is 11.1. The van der Waals surface area contributed by atoms with Crippen molar-refractivity contribution in [3.63, 3.8) is 0 Å². The normalized spacial score (nSPS) is 13.8. The SMILES string of the molecule is O=C(COc1c(Cl)cccc1Cl)N1CCC(c2ccccc2)=N1. The summed E-state index contributed by atoms with van der Waals surface area (Å²) in [6, 6.07) is 14.8. The maximum Gasteiger partial charge on any atom is 0.280 e. The van der Waals surface area contributed by atoms with Gasteiger partial charge < -0.3 is 4.74 Å². The molecular weight excluding hydrogens is 335 g/mol. The van der Waals surface area contributed by atoms with E-state index in [2.05, 4.69) is 5.10 Å². The average Bonchev–Trinajstić information content (AvgIpc) is 3.05. The van der Waals surface area contributed by atoms with E-state index in [4.69, 9.17) is 27.9 Å². The highest BCUT2D eigenvalue weighted by molar-refractivity contribution is 6.37. The molecule has 0 aliphatic carbocycles. The Balaban J connectivity index is 1.65. The van der Waals surface area contributed by atoms with Gasteiger partial charge in [-0.2, -0.15) is 5.10 Å². The first-order valence-electron chi connectivity index (χ1n) is 7.15. The number of ether oxygens (including phenoxy) is 1. The molecule has 0 saturated carbocycles. The van der Waals surface area contributed by atoms with Crippen molar-refractivity contribution in [3.8, 4) is 5.75 Å². The number of hydrogen-bond donors (Lipinski definition) is 0. The molecule has 1 heterocycles. The summed E-state index contributed by atoms with van der Waals surface area (Å²) in [5.41, 5.74) is 1.92. The second-order valence-electron chi connectivity index (χ2n) is 5.02. The van der Waals surface area contributed by atoms with E-state index in [1.54, 1.807) is 18.2 Å². The summed E-state index contributed by atoms with van der Waals surface area (Å²) in [7, 11) is 0. The number of carbonyl (C=O) groups is 1. The van der Waals surface area contributed by atoms with Crippen molar-refractivity contribution in [3.05, 3.63) is 64.1 Å². The van der Waals surface area contributed by atoms with E-state index >= 15 is 0 Å². The molecule has 0 fully saturated rings. The second-order valence-corrected chi connectivity index (χ2v) is 5.83. The molecule has 0 unspecified atom stereocenters. The minimum atomic E-state index is -0.230. The second kappa shape index (κ2) is 7.02. The first kappa shape index (κ1) is 15.8. The fourth-order valence-electron chi connectivity index (χ4n) is 2.30. The molecule has 3 rings (SSSR count). The van der Waals surface area contributed by atoms with Crippen LogP contribution in [0.15, 0.2) is 53.6 Å². The van der Waals surface area contributed by atoms with Crippen molar-refractivity contribution in [2.45, 2.75) is 6.42 Å². The molecule has 118 valence electrons. The van der Waals surface area contributed by atoms with Crippen molar-refractivity contribution in [2.75, 3.05) is 13.2 Å². The van der Waals surface area contributed by atoms with Crippen molar-refractivity contribution in [1.82, 2.24) is 5.01 Å². The summed E-state index contributed by atoms with van der Waals surface area (Å²) < 4.78 is 5.46. The topological polar surface area (TPSA) is 41.9 Å². The number of carbonyl (C=O) groups excluding carboxylic acids is 1. The lowest BCUT2D eigenvalue weighted by Crippen LogP contribution is -2.28. The summed E-state index contributed by atoms with van der Waals surface area (Å²) in [6.45, 7) is 0.387. The van der Waals surface area contributed by atoms with E-state index in [1.807, 2.05) is 30.3 Å². The van der Waals surface area contributed by atoms with Crippen LogP contribution in [-0.2, 0) is 4.79 Å². The summed E-state index contributed by atoms with van der Waals surface area (Å²) in [5, 5.41) is 6.54. The van der Waals surface area contributed by atoms with Crippen LogP contribution >= 0.6 is 23.2 Å². The van der Waals surface area contributed by atoms with Gasteiger partial charge in [-0.3, -0.25) is 4.79 Å². The Hall–Kier alpha value is -2.04. The number of benzene rings is 2. The number of para-hydroxylation sites is 1. The molecular formula is C17H14Cl2N2O2. The van der Waals surface area contributed by atoms with Gasteiger partial charge in [0.1, 0.15) is 0 Å². The quantitative estimate of drug-likeness (QED) is 0.837. The average molecular weight is 349 g/mol. The van der Waals surface area contributed by atoms with Crippen molar-refractivity contribution in [2.24, 2.45) is 5.10 Å². The van der Waals surface area contributed by atoms with Crippen LogP contribution in [0.5, 0.6) is 5.75 Å². The van der Waals surface area contributed by atoms with E-state index in [0.29, 0.717) is 22.3 Å². The Kier molecular flexibility index (Phi) is 4.84. The van der Waals surface area contributed by atoms with Crippen LogP contribution in [0.25, 0.3) is 0 Å². The molecule has 23 heavy (non-hydrogen) atoms. The summed E-state index contributed by atoms with van der Waals surface area (Å²) in [6.07, 6.45) is 0.725. The van der Waals surface area contributed by atoms with E-state index < -0.39 is 0 Å². The van der Waals surface area contributed by atoms with Gasteiger partial charge in [0.15, 0.2) is 12.4 Å². The van der Waals surface area contributed by atoms with Gasteiger partial charge in [-0.05, 0) is 17.7 Å². The zero-order valence-electron chi connectivity index (χ0n) is 12.2. The molecule has 6 heteroatoms. The third kappa shape index (κ3) is 3.66. The van der Waals surface area contributed by atoms with Crippen molar-refractivity contribution in [1.29, 1.82) is 0 Å². The van der Waals surface area contributed by atoms with Crippen LogP contribution in [0.1, 0.15) is 12.0 Å². The van der Waals surface area contributed by atoms with Gasteiger partial charge in [0.25, 0.3) is 5.91 Å². The smallest absolute Gasteiger partial charge is 0.280 e. The van der Waals surface area contributed by atoms with Crippen LogP contribution in [-0.4, -0.2) is 29.8 Å². The third-order valence-corrected chi connectivity index (χ3v) is 4.05.